The smallest absolute Gasteiger partial charge is 1.00 e. The molecule has 0 saturated heterocycles. The van der Waals surface area contributed by atoms with Crippen LogP contribution in [-0.4, -0.2) is 0 Å². The third kappa shape index (κ3) is 6.07. The van der Waals surface area contributed by atoms with E-state index in [0.717, 1.165) is 0 Å². The second-order valence-corrected chi connectivity index (χ2v) is 5.21. The standard InChI is InChI=1S/2C10H9.2ClH.2Zr/c2*1-8-6-7-9-4-2-3-5-10(8)9;;;;/h2*2-7H,1H3;2*1H;;/q2*-1;;;2*+2/p-2. The third-order valence-electron chi connectivity index (χ3n) is 3.80. The molecule has 0 amide bonds. The number of fused-ring (bicyclic) bond motifs is 2. The fourth-order valence-corrected chi connectivity index (χ4v) is 2.61. The van der Waals surface area contributed by atoms with Gasteiger partial charge in [0.2, 0.25) is 0 Å². The van der Waals surface area contributed by atoms with E-state index in [0.29, 0.717) is 0 Å². The van der Waals surface area contributed by atoms with E-state index in [1.807, 2.05) is 0 Å². The average Bonchev–Trinajstić information content (AvgIpc) is 3.05. The summed E-state index contributed by atoms with van der Waals surface area (Å²) in [6.45, 7) is 4.28. The van der Waals surface area contributed by atoms with Crippen molar-refractivity contribution in [2.75, 3.05) is 0 Å². The summed E-state index contributed by atoms with van der Waals surface area (Å²) in [5.41, 5.74) is 2.74. The first-order chi connectivity index (χ1) is 9.75. The monoisotopic (exact) mass is 508 g/mol. The van der Waals surface area contributed by atoms with Gasteiger partial charge in [-0.3, -0.25) is 0 Å². The second kappa shape index (κ2) is 12.4. The zero-order valence-corrected chi connectivity index (χ0v) is 20.1. The number of halogens is 2. The molecule has 0 heterocycles. The summed E-state index contributed by atoms with van der Waals surface area (Å²) in [5.74, 6) is 0. The molecule has 0 aliphatic carbocycles. The van der Waals surface area contributed by atoms with Crippen LogP contribution in [0.3, 0.4) is 0 Å². The first-order valence-electron chi connectivity index (χ1n) is 6.98. The maximum absolute atomic E-state index is 2.16. The van der Waals surface area contributed by atoms with Gasteiger partial charge in [-0.05, 0) is 0 Å². The van der Waals surface area contributed by atoms with Crippen molar-refractivity contribution in [2.24, 2.45) is 0 Å². The average molecular weight is 512 g/mol. The number of rotatable bonds is 0. The van der Waals surface area contributed by atoms with Crippen molar-refractivity contribution in [1.29, 1.82) is 0 Å². The summed E-state index contributed by atoms with van der Waals surface area (Å²) < 4.78 is 0. The van der Waals surface area contributed by atoms with Gasteiger partial charge in [0.1, 0.15) is 0 Å². The Morgan fingerprint density at radius 3 is 1.25 bits per heavy atom. The molecule has 0 aliphatic rings. The van der Waals surface area contributed by atoms with E-state index in [1.165, 1.54) is 32.7 Å². The number of benzene rings is 2. The normalized spacial score (nSPS) is 8.75. The van der Waals surface area contributed by atoms with Crippen molar-refractivity contribution in [3.8, 4) is 0 Å². The summed E-state index contributed by atoms with van der Waals surface area (Å²) >= 11 is 0. The minimum Gasteiger partial charge on any atom is -1.00 e. The van der Waals surface area contributed by atoms with Crippen LogP contribution in [0.5, 0.6) is 0 Å². The molecule has 4 aromatic rings. The number of hydrogen-bond acceptors (Lipinski definition) is 0. The van der Waals surface area contributed by atoms with E-state index in [1.54, 1.807) is 0 Å². The van der Waals surface area contributed by atoms with Gasteiger partial charge in [0.15, 0.2) is 0 Å². The van der Waals surface area contributed by atoms with Crippen molar-refractivity contribution in [3.63, 3.8) is 0 Å². The molecule has 4 aromatic carbocycles. The third-order valence-corrected chi connectivity index (χ3v) is 3.80. The molecule has 0 radical (unpaired) electrons. The summed E-state index contributed by atoms with van der Waals surface area (Å²) in [7, 11) is 0. The molecule has 0 atom stereocenters. The Hall–Kier alpha value is 0.00623. The zero-order valence-electron chi connectivity index (χ0n) is 13.7. The largest absolute Gasteiger partial charge is 2.00 e. The van der Waals surface area contributed by atoms with Crippen LogP contribution in [-0.2, 0) is 52.4 Å². The second-order valence-electron chi connectivity index (χ2n) is 5.21. The molecule has 0 N–H and O–H groups in total. The molecule has 0 spiro atoms. The zero-order chi connectivity index (χ0) is 13.9. The molecule has 0 bridgehead atoms. The van der Waals surface area contributed by atoms with Crippen molar-refractivity contribution in [2.45, 2.75) is 13.8 Å². The predicted octanol–water partition coefficient (Wildman–Crippen LogP) is -0.263. The van der Waals surface area contributed by atoms with Crippen LogP contribution in [0, 0.1) is 13.8 Å². The Balaban J connectivity index is 0. The molecule has 120 valence electrons. The minimum absolute atomic E-state index is 0. The molecular formula is C20H18Cl2Zr2. The summed E-state index contributed by atoms with van der Waals surface area (Å²) in [4.78, 5) is 0. The molecule has 0 aromatic heterocycles. The Morgan fingerprint density at radius 1 is 0.583 bits per heavy atom. The van der Waals surface area contributed by atoms with Crippen molar-refractivity contribution in [3.05, 3.63) is 83.9 Å². The van der Waals surface area contributed by atoms with Gasteiger partial charge in [-0.25, -0.2) is 0 Å². The van der Waals surface area contributed by atoms with Crippen LogP contribution in [0.2, 0.25) is 0 Å². The van der Waals surface area contributed by atoms with E-state index in [4.69, 9.17) is 0 Å². The fraction of sp³-hybridized carbons (Fsp3) is 0.100. The van der Waals surface area contributed by atoms with E-state index >= 15 is 0 Å². The molecule has 0 saturated carbocycles. The first kappa shape index (κ1) is 26.2. The quantitative estimate of drug-likeness (QED) is 0.286. The van der Waals surface area contributed by atoms with Crippen LogP contribution in [0.1, 0.15) is 11.1 Å². The minimum atomic E-state index is 0. The Morgan fingerprint density at radius 2 is 0.917 bits per heavy atom. The van der Waals surface area contributed by atoms with Gasteiger partial charge in [0.25, 0.3) is 0 Å². The van der Waals surface area contributed by atoms with Gasteiger partial charge in [0.05, 0.1) is 0 Å². The maximum Gasteiger partial charge on any atom is 2.00 e. The molecule has 0 nitrogen and oxygen atoms in total. The van der Waals surface area contributed by atoms with Gasteiger partial charge in [-0.1, -0.05) is 26.0 Å². The number of hydrogen-bond donors (Lipinski definition) is 0. The summed E-state index contributed by atoms with van der Waals surface area (Å²) in [6, 6.07) is 25.5. The van der Waals surface area contributed by atoms with Gasteiger partial charge < -0.3 is 24.8 Å². The van der Waals surface area contributed by atoms with Gasteiger partial charge >= 0.3 is 52.4 Å². The number of aryl methyl sites for hydroxylation is 2. The van der Waals surface area contributed by atoms with E-state index in [2.05, 4.69) is 86.6 Å². The molecule has 4 rings (SSSR count). The fourth-order valence-electron chi connectivity index (χ4n) is 2.61. The van der Waals surface area contributed by atoms with Gasteiger partial charge in [0, 0.05) is 0 Å². The van der Waals surface area contributed by atoms with Gasteiger partial charge in [-0.2, -0.15) is 23.3 Å². The topological polar surface area (TPSA) is 0 Å². The molecule has 4 heteroatoms. The Kier molecular flexibility index (Phi) is 13.5. The van der Waals surface area contributed by atoms with Gasteiger partial charge in [-0.15, -0.1) is 70.1 Å². The molecular weight excluding hydrogens is 494 g/mol. The molecule has 0 unspecified atom stereocenters. The van der Waals surface area contributed by atoms with E-state index < -0.39 is 0 Å². The predicted molar refractivity (Wildman–Crippen MR) is 88.6 cm³/mol. The molecule has 0 aliphatic heterocycles. The van der Waals surface area contributed by atoms with E-state index in [9.17, 15) is 0 Å². The summed E-state index contributed by atoms with van der Waals surface area (Å²) in [6.07, 6.45) is 0. The van der Waals surface area contributed by atoms with Crippen LogP contribution >= 0.6 is 0 Å². The molecule has 0 fully saturated rings. The van der Waals surface area contributed by atoms with Crippen LogP contribution < -0.4 is 24.8 Å². The Labute approximate surface area is 194 Å². The van der Waals surface area contributed by atoms with E-state index in [-0.39, 0.29) is 77.2 Å². The van der Waals surface area contributed by atoms with Crippen LogP contribution in [0.4, 0.5) is 0 Å². The maximum atomic E-state index is 2.16. The van der Waals surface area contributed by atoms with Crippen LogP contribution in [0.25, 0.3) is 21.5 Å². The van der Waals surface area contributed by atoms with Crippen LogP contribution in [0.15, 0.2) is 72.8 Å². The summed E-state index contributed by atoms with van der Waals surface area (Å²) in [5, 5.41) is 5.45. The molecule has 24 heavy (non-hydrogen) atoms. The van der Waals surface area contributed by atoms with Crippen molar-refractivity contribution >= 4 is 21.5 Å². The van der Waals surface area contributed by atoms with Crippen molar-refractivity contribution in [1.82, 2.24) is 0 Å². The van der Waals surface area contributed by atoms with Crippen molar-refractivity contribution < 1.29 is 77.2 Å². The Bertz CT molecular complexity index is 775. The first-order valence-corrected chi connectivity index (χ1v) is 6.98. The SMILES string of the molecule is Cc1c[cH-]c2ccccc12.Cc1c[cH-]c2ccccc12.[Cl-].[Cl-].[Zr+2].[Zr+2].